The molecule has 0 atom stereocenters. The molecular formula is C13H20O5. The SMILES string of the molecule is C=C(O)CCCCC(=O)C(=O)CCCCC(=O)O. The molecule has 0 aromatic rings. The largest absolute Gasteiger partial charge is 0.513 e. The van der Waals surface area contributed by atoms with E-state index >= 15 is 0 Å². The van der Waals surface area contributed by atoms with Crippen LogP contribution in [0.15, 0.2) is 12.3 Å². The number of hydrogen-bond donors (Lipinski definition) is 2. The molecule has 0 unspecified atom stereocenters. The molecule has 0 saturated carbocycles. The van der Waals surface area contributed by atoms with Crippen molar-refractivity contribution in [1.29, 1.82) is 0 Å². The molecule has 18 heavy (non-hydrogen) atoms. The van der Waals surface area contributed by atoms with E-state index in [-0.39, 0.29) is 25.0 Å². The number of aliphatic hydroxyl groups excluding tert-OH is 1. The van der Waals surface area contributed by atoms with E-state index in [1.54, 1.807) is 0 Å². The Hall–Kier alpha value is -1.65. The first kappa shape index (κ1) is 16.4. The summed E-state index contributed by atoms with van der Waals surface area (Å²) >= 11 is 0. The van der Waals surface area contributed by atoms with E-state index in [2.05, 4.69) is 6.58 Å². The van der Waals surface area contributed by atoms with Gasteiger partial charge in [0.2, 0.25) is 0 Å². The number of aliphatic carboxylic acids is 1. The van der Waals surface area contributed by atoms with Crippen LogP contribution in [0.3, 0.4) is 0 Å². The number of carbonyl (C=O) groups is 3. The van der Waals surface area contributed by atoms with Crippen LogP contribution in [-0.4, -0.2) is 27.7 Å². The second-order valence-electron chi connectivity index (χ2n) is 4.22. The first-order chi connectivity index (χ1) is 8.43. The van der Waals surface area contributed by atoms with Crippen LogP contribution < -0.4 is 0 Å². The van der Waals surface area contributed by atoms with Gasteiger partial charge in [-0.1, -0.05) is 6.58 Å². The number of aliphatic hydroxyl groups is 1. The van der Waals surface area contributed by atoms with Gasteiger partial charge in [0, 0.05) is 25.7 Å². The summed E-state index contributed by atoms with van der Waals surface area (Å²) in [6.45, 7) is 3.33. The summed E-state index contributed by atoms with van der Waals surface area (Å²) in [6, 6.07) is 0. The van der Waals surface area contributed by atoms with Crippen molar-refractivity contribution in [2.75, 3.05) is 0 Å². The lowest BCUT2D eigenvalue weighted by molar-refractivity contribution is -0.137. The minimum atomic E-state index is -0.891. The fourth-order valence-corrected chi connectivity index (χ4v) is 1.46. The van der Waals surface area contributed by atoms with Crippen LogP contribution in [0, 0.1) is 0 Å². The molecule has 0 radical (unpaired) electrons. The molecule has 0 aliphatic heterocycles. The number of hydrogen-bond acceptors (Lipinski definition) is 4. The normalized spacial score (nSPS) is 10.0. The maximum atomic E-state index is 11.4. The van der Waals surface area contributed by atoms with Gasteiger partial charge in [0.1, 0.15) is 0 Å². The Balaban J connectivity index is 3.60. The number of allylic oxidation sites excluding steroid dienone is 1. The van der Waals surface area contributed by atoms with Crippen molar-refractivity contribution in [1.82, 2.24) is 0 Å². The van der Waals surface area contributed by atoms with Gasteiger partial charge in [0.15, 0.2) is 11.6 Å². The Labute approximate surface area is 107 Å². The molecule has 0 amide bonds. The van der Waals surface area contributed by atoms with Crippen molar-refractivity contribution < 1.29 is 24.6 Å². The third-order valence-corrected chi connectivity index (χ3v) is 2.47. The molecule has 0 fully saturated rings. The van der Waals surface area contributed by atoms with E-state index < -0.39 is 17.5 Å². The number of carbonyl (C=O) groups excluding carboxylic acids is 2. The van der Waals surface area contributed by atoms with E-state index in [4.69, 9.17) is 10.2 Å². The smallest absolute Gasteiger partial charge is 0.303 e. The number of carboxylic acids is 1. The molecule has 0 rings (SSSR count). The van der Waals surface area contributed by atoms with Crippen molar-refractivity contribution in [3.05, 3.63) is 12.3 Å². The molecule has 0 saturated heterocycles. The molecule has 0 aromatic carbocycles. The van der Waals surface area contributed by atoms with Crippen LogP contribution in [0.5, 0.6) is 0 Å². The summed E-state index contributed by atoms with van der Waals surface area (Å²) < 4.78 is 0. The van der Waals surface area contributed by atoms with E-state index in [1.165, 1.54) is 0 Å². The van der Waals surface area contributed by atoms with Crippen LogP contribution in [-0.2, 0) is 14.4 Å². The highest BCUT2D eigenvalue weighted by Gasteiger charge is 2.12. The zero-order chi connectivity index (χ0) is 14.0. The van der Waals surface area contributed by atoms with Crippen LogP contribution >= 0.6 is 0 Å². The first-order valence-electron chi connectivity index (χ1n) is 6.08. The highest BCUT2D eigenvalue weighted by atomic mass is 16.4. The second-order valence-corrected chi connectivity index (χ2v) is 4.22. The molecule has 0 spiro atoms. The van der Waals surface area contributed by atoms with Gasteiger partial charge in [-0.2, -0.15) is 0 Å². The number of Topliss-reactive ketones (excluding diaryl/α,β-unsaturated/α-hetero) is 2. The quantitative estimate of drug-likeness (QED) is 0.336. The number of ketones is 2. The number of rotatable bonds is 11. The van der Waals surface area contributed by atoms with Gasteiger partial charge in [-0.25, -0.2) is 0 Å². The summed E-state index contributed by atoms with van der Waals surface area (Å²) in [5, 5.41) is 17.2. The Bertz CT molecular complexity index is 287. The predicted molar refractivity (Wildman–Crippen MR) is 66.4 cm³/mol. The monoisotopic (exact) mass is 256 g/mol. The molecule has 0 bridgehead atoms. The molecule has 2 N–H and O–H groups in total. The van der Waals surface area contributed by atoms with Gasteiger partial charge in [-0.15, -0.1) is 0 Å². The fourth-order valence-electron chi connectivity index (χ4n) is 1.46. The average Bonchev–Trinajstić information content (AvgIpc) is 2.29. The Morgan fingerprint density at radius 3 is 1.50 bits per heavy atom. The number of unbranched alkanes of at least 4 members (excludes halogenated alkanes) is 2. The average molecular weight is 256 g/mol. The van der Waals surface area contributed by atoms with Gasteiger partial charge in [0.05, 0.1) is 5.76 Å². The molecule has 0 aromatic heterocycles. The fraction of sp³-hybridized carbons (Fsp3) is 0.615. The second kappa shape index (κ2) is 9.39. The van der Waals surface area contributed by atoms with Crippen molar-refractivity contribution in [2.24, 2.45) is 0 Å². The third kappa shape index (κ3) is 9.57. The lowest BCUT2D eigenvalue weighted by Gasteiger charge is -2.00. The first-order valence-corrected chi connectivity index (χ1v) is 6.08. The Morgan fingerprint density at radius 1 is 0.722 bits per heavy atom. The minimum absolute atomic E-state index is 0.0279. The third-order valence-electron chi connectivity index (χ3n) is 2.47. The Kier molecular flexibility index (Phi) is 8.53. The van der Waals surface area contributed by atoms with Gasteiger partial charge in [0.25, 0.3) is 0 Å². The van der Waals surface area contributed by atoms with Gasteiger partial charge < -0.3 is 10.2 Å². The minimum Gasteiger partial charge on any atom is -0.513 e. The van der Waals surface area contributed by atoms with Crippen LogP contribution in [0.1, 0.15) is 51.4 Å². The van der Waals surface area contributed by atoms with Crippen LogP contribution in [0.25, 0.3) is 0 Å². The molecule has 0 aliphatic rings. The standard InChI is InChI=1S/C13H20O5/c1-10(14)6-2-3-7-11(15)12(16)8-4-5-9-13(17)18/h14H,1-9H2,(H,17,18). The molecule has 5 nitrogen and oxygen atoms in total. The van der Waals surface area contributed by atoms with Crippen molar-refractivity contribution in [3.63, 3.8) is 0 Å². The van der Waals surface area contributed by atoms with E-state index in [1.807, 2.05) is 0 Å². The van der Waals surface area contributed by atoms with Crippen LogP contribution in [0.4, 0.5) is 0 Å². The van der Waals surface area contributed by atoms with E-state index in [0.29, 0.717) is 32.1 Å². The molecule has 5 heteroatoms. The van der Waals surface area contributed by atoms with Gasteiger partial charge in [-0.3, -0.25) is 14.4 Å². The highest BCUT2D eigenvalue weighted by molar-refractivity contribution is 6.37. The van der Waals surface area contributed by atoms with Crippen molar-refractivity contribution in [2.45, 2.75) is 51.4 Å². The summed E-state index contributed by atoms with van der Waals surface area (Å²) in [6.07, 6.45) is 2.82. The maximum Gasteiger partial charge on any atom is 0.303 e. The zero-order valence-electron chi connectivity index (χ0n) is 10.5. The van der Waals surface area contributed by atoms with Crippen molar-refractivity contribution >= 4 is 17.5 Å². The Morgan fingerprint density at radius 2 is 1.11 bits per heavy atom. The van der Waals surface area contributed by atoms with Crippen molar-refractivity contribution in [3.8, 4) is 0 Å². The molecule has 0 heterocycles. The summed E-state index contributed by atoms with van der Waals surface area (Å²) in [4.78, 5) is 32.9. The summed E-state index contributed by atoms with van der Waals surface area (Å²) in [7, 11) is 0. The molecule has 102 valence electrons. The number of carboxylic acid groups (broad SMARTS) is 1. The maximum absolute atomic E-state index is 11.4. The lowest BCUT2D eigenvalue weighted by atomic mass is 10.0. The molecule has 0 aliphatic carbocycles. The molecular weight excluding hydrogens is 236 g/mol. The summed E-state index contributed by atoms with van der Waals surface area (Å²) in [5.41, 5.74) is 0. The van der Waals surface area contributed by atoms with E-state index in [9.17, 15) is 14.4 Å². The predicted octanol–water partition coefficient (Wildman–Crippen LogP) is 2.40. The summed E-state index contributed by atoms with van der Waals surface area (Å²) in [5.74, 6) is -1.64. The zero-order valence-corrected chi connectivity index (χ0v) is 10.5. The van der Waals surface area contributed by atoms with E-state index in [0.717, 1.165) is 0 Å². The van der Waals surface area contributed by atoms with Gasteiger partial charge in [-0.05, 0) is 25.7 Å². The van der Waals surface area contributed by atoms with Gasteiger partial charge >= 0.3 is 5.97 Å². The topological polar surface area (TPSA) is 91.7 Å². The highest BCUT2D eigenvalue weighted by Crippen LogP contribution is 2.07. The van der Waals surface area contributed by atoms with Crippen LogP contribution in [0.2, 0.25) is 0 Å². The lowest BCUT2D eigenvalue weighted by Crippen LogP contribution is -2.13.